The molecule has 2 heterocycles. The number of nitrogens with two attached hydrogens (primary N) is 1. The molecule has 0 unspecified atom stereocenters. The van der Waals surface area contributed by atoms with E-state index in [1.165, 1.54) is 28.9 Å². The normalized spacial score (nSPS) is 18.6. The monoisotopic (exact) mass is 580 g/mol. The summed E-state index contributed by atoms with van der Waals surface area (Å²) in [5.74, 6) is -3.33. The Morgan fingerprint density at radius 1 is 1.05 bits per heavy atom. The van der Waals surface area contributed by atoms with Crippen molar-refractivity contribution >= 4 is 35.1 Å². The molecule has 1 aliphatic rings. The fraction of sp³-hybridized carbons (Fsp3) is 0.241. The fourth-order valence-electron chi connectivity index (χ4n) is 4.70. The number of nitrogens with one attached hydrogen (secondary N) is 2. The van der Waals surface area contributed by atoms with Crippen LogP contribution in [-0.2, 0) is 0 Å². The molecule has 212 valence electrons. The molecule has 0 saturated heterocycles. The highest BCUT2D eigenvalue weighted by Gasteiger charge is 2.30. The zero-order chi connectivity index (χ0) is 29.3. The van der Waals surface area contributed by atoms with E-state index in [4.69, 9.17) is 17.3 Å². The maximum absolute atomic E-state index is 14.5. The Balaban J connectivity index is 1.43. The van der Waals surface area contributed by atoms with Gasteiger partial charge in [-0.15, -0.1) is 0 Å². The molecule has 0 bridgehead atoms. The van der Waals surface area contributed by atoms with E-state index in [-0.39, 0.29) is 39.4 Å². The summed E-state index contributed by atoms with van der Waals surface area (Å²) < 4.78 is 29.5. The molecular weight excluding hydrogens is 554 g/mol. The van der Waals surface area contributed by atoms with Gasteiger partial charge in [0, 0.05) is 23.7 Å². The van der Waals surface area contributed by atoms with E-state index in [1.807, 2.05) is 6.07 Å². The minimum Gasteiger partial charge on any atom is -0.390 e. The molecule has 0 aliphatic heterocycles. The number of hydrogen-bond donors (Lipinski definition) is 4. The first-order chi connectivity index (χ1) is 19.5. The van der Waals surface area contributed by atoms with Crippen LogP contribution in [0.1, 0.15) is 53.5 Å². The maximum atomic E-state index is 14.5. The minimum atomic E-state index is -0.998. The summed E-state index contributed by atoms with van der Waals surface area (Å²) in [4.78, 5) is 30.3. The lowest BCUT2D eigenvalue weighted by molar-refractivity contribution is 0.0140. The summed E-state index contributed by atoms with van der Waals surface area (Å²) in [5, 5.41) is 20.4. The third-order valence-electron chi connectivity index (χ3n) is 7.02. The number of carbonyl (C=O) groups excluding carboxylic acids is 2. The number of pyridine rings is 1. The van der Waals surface area contributed by atoms with Crippen LogP contribution < -0.4 is 16.4 Å². The second-order valence-electron chi connectivity index (χ2n) is 10.2. The quantitative estimate of drug-likeness (QED) is 0.250. The number of carbonyl (C=O) groups is 2. The molecule has 0 spiro atoms. The molecule has 1 saturated carbocycles. The van der Waals surface area contributed by atoms with Crippen molar-refractivity contribution in [3.8, 4) is 16.9 Å². The lowest BCUT2D eigenvalue weighted by Crippen LogP contribution is -2.42. The number of hydrogen-bond acceptors (Lipinski definition) is 6. The van der Waals surface area contributed by atoms with E-state index in [0.717, 1.165) is 0 Å². The van der Waals surface area contributed by atoms with Crippen LogP contribution in [0.15, 0.2) is 60.7 Å². The first-order valence-corrected chi connectivity index (χ1v) is 13.3. The number of halogens is 3. The first-order valence-electron chi connectivity index (χ1n) is 12.9. The maximum Gasteiger partial charge on any atom is 0.272 e. The second kappa shape index (κ2) is 11.3. The summed E-state index contributed by atoms with van der Waals surface area (Å²) in [6.07, 6.45) is 2.40. The number of anilines is 2. The van der Waals surface area contributed by atoms with Crippen LogP contribution in [0.25, 0.3) is 16.9 Å². The third kappa shape index (κ3) is 6.21. The number of aromatic nitrogens is 3. The van der Waals surface area contributed by atoms with Crippen molar-refractivity contribution < 1.29 is 23.5 Å². The molecule has 9 nitrogen and oxygen atoms in total. The second-order valence-corrected chi connectivity index (χ2v) is 10.6. The minimum absolute atomic E-state index is 0.0191. The van der Waals surface area contributed by atoms with E-state index >= 15 is 0 Å². The molecule has 0 atom stereocenters. The Labute approximate surface area is 239 Å². The lowest BCUT2D eigenvalue weighted by atomic mass is 9.83. The molecule has 1 aliphatic carbocycles. The average molecular weight is 581 g/mol. The predicted molar refractivity (Wildman–Crippen MR) is 151 cm³/mol. The number of nitrogens with zero attached hydrogens (tertiary/aromatic N) is 3. The van der Waals surface area contributed by atoms with E-state index in [2.05, 4.69) is 20.7 Å². The van der Waals surface area contributed by atoms with Gasteiger partial charge in [-0.3, -0.25) is 9.59 Å². The van der Waals surface area contributed by atoms with Crippen LogP contribution in [-0.4, -0.2) is 43.3 Å². The standard InChI is InChI=1S/C29H27ClF2N6O3/c1-29(41)11-9-17(10-12-29)34-28(40)23-15-24(38(37-23)18-5-3-2-4-6-18)35-27(39)19-13-16(7-8-20(19)30)25-21(31)14-22(32)26(33)36-25/h2-8,13-15,17,41H,9-12H2,1H3,(H2,33,36)(H,34,40)(H,35,39)/t17-,29+. The summed E-state index contributed by atoms with van der Waals surface area (Å²) in [5.41, 5.74) is 5.34. The van der Waals surface area contributed by atoms with Gasteiger partial charge in [-0.05, 0) is 56.9 Å². The highest BCUT2D eigenvalue weighted by molar-refractivity contribution is 6.34. The van der Waals surface area contributed by atoms with Crippen LogP contribution >= 0.6 is 11.6 Å². The number of aliphatic hydroxyl groups is 1. The Kier molecular flexibility index (Phi) is 7.74. The van der Waals surface area contributed by atoms with E-state index in [0.29, 0.717) is 37.4 Å². The molecule has 4 aromatic rings. The van der Waals surface area contributed by atoms with Gasteiger partial charge in [-0.1, -0.05) is 35.9 Å². The molecule has 2 aromatic carbocycles. The number of rotatable bonds is 6. The van der Waals surface area contributed by atoms with Gasteiger partial charge in [0.25, 0.3) is 11.8 Å². The highest BCUT2D eigenvalue weighted by atomic mass is 35.5. The molecule has 5 rings (SSSR count). The Hall–Kier alpha value is -4.35. The lowest BCUT2D eigenvalue weighted by Gasteiger charge is -2.33. The van der Waals surface area contributed by atoms with E-state index < -0.39 is 34.9 Å². The van der Waals surface area contributed by atoms with Gasteiger partial charge in [-0.2, -0.15) is 5.10 Å². The molecule has 12 heteroatoms. The summed E-state index contributed by atoms with van der Waals surface area (Å²) >= 11 is 6.32. The van der Waals surface area contributed by atoms with Crippen molar-refractivity contribution in [1.82, 2.24) is 20.1 Å². The van der Waals surface area contributed by atoms with Crippen molar-refractivity contribution in [2.75, 3.05) is 11.1 Å². The van der Waals surface area contributed by atoms with Crippen LogP contribution in [0, 0.1) is 11.6 Å². The van der Waals surface area contributed by atoms with Gasteiger partial charge in [0.2, 0.25) is 0 Å². The first kappa shape index (κ1) is 28.2. The molecular formula is C29H27ClF2N6O3. The molecule has 2 amide bonds. The average Bonchev–Trinajstić information content (AvgIpc) is 3.36. The molecule has 1 fully saturated rings. The topological polar surface area (TPSA) is 135 Å². The van der Waals surface area contributed by atoms with Crippen molar-refractivity contribution in [2.45, 2.75) is 44.2 Å². The summed E-state index contributed by atoms with van der Waals surface area (Å²) in [7, 11) is 0. The zero-order valence-electron chi connectivity index (χ0n) is 22.0. The van der Waals surface area contributed by atoms with Crippen molar-refractivity contribution in [1.29, 1.82) is 0 Å². The Bertz CT molecular complexity index is 1620. The number of nitrogen functional groups attached to an aromatic ring is 1. The third-order valence-corrected chi connectivity index (χ3v) is 7.35. The van der Waals surface area contributed by atoms with Crippen LogP contribution in [0.5, 0.6) is 0 Å². The number of benzene rings is 2. The largest absolute Gasteiger partial charge is 0.390 e. The molecule has 2 aromatic heterocycles. The predicted octanol–water partition coefficient (Wildman–Crippen LogP) is 5.12. The molecule has 0 radical (unpaired) electrons. The van der Waals surface area contributed by atoms with Gasteiger partial charge >= 0.3 is 0 Å². The fourth-order valence-corrected chi connectivity index (χ4v) is 4.91. The SMILES string of the molecule is C[C@]1(O)CC[C@@H](NC(=O)c2cc(NC(=O)c3cc(-c4nc(N)c(F)cc4F)ccc3Cl)n(-c3ccccc3)n2)CC1. The Morgan fingerprint density at radius 3 is 2.46 bits per heavy atom. The van der Waals surface area contributed by atoms with Crippen LogP contribution in [0.4, 0.5) is 20.4 Å². The van der Waals surface area contributed by atoms with Crippen molar-refractivity contribution in [3.63, 3.8) is 0 Å². The van der Waals surface area contributed by atoms with Gasteiger partial charge < -0.3 is 21.5 Å². The zero-order valence-corrected chi connectivity index (χ0v) is 22.8. The van der Waals surface area contributed by atoms with E-state index in [1.54, 1.807) is 31.2 Å². The van der Waals surface area contributed by atoms with Crippen LogP contribution in [0.2, 0.25) is 5.02 Å². The van der Waals surface area contributed by atoms with Gasteiger partial charge in [0.05, 0.1) is 21.9 Å². The molecule has 5 N–H and O–H groups in total. The number of para-hydroxylation sites is 1. The van der Waals surface area contributed by atoms with Gasteiger partial charge in [0.15, 0.2) is 23.1 Å². The van der Waals surface area contributed by atoms with E-state index in [9.17, 15) is 23.5 Å². The summed E-state index contributed by atoms with van der Waals surface area (Å²) in [6, 6.07) is 15.0. The van der Waals surface area contributed by atoms with Crippen molar-refractivity contribution in [3.05, 3.63) is 88.6 Å². The van der Waals surface area contributed by atoms with Gasteiger partial charge in [-0.25, -0.2) is 18.4 Å². The smallest absolute Gasteiger partial charge is 0.272 e. The molecule has 41 heavy (non-hydrogen) atoms. The Morgan fingerprint density at radius 2 is 1.76 bits per heavy atom. The van der Waals surface area contributed by atoms with Crippen molar-refractivity contribution in [2.24, 2.45) is 0 Å². The summed E-state index contributed by atoms with van der Waals surface area (Å²) in [6.45, 7) is 1.78. The van der Waals surface area contributed by atoms with Gasteiger partial charge in [0.1, 0.15) is 11.5 Å². The number of amides is 2. The highest BCUT2D eigenvalue weighted by Crippen LogP contribution is 2.30. The van der Waals surface area contributed by atoms with Crippen LogP contribution in [0.3, 0.4) is 0 Å².